The molecule has 1 spiro atoms. The number of alkyl halides is 6. The fraction of sp³-hybridized carbons (Fsp3) is 0.515. The molecule has 5 nitrogen and oxygen atoms in total. The molecule has 0 N–H and O–H groups in total. The number of amides is 2. The van der Waals surface area contributed by atoms with E-state index in [0.717, 1.165) is 16.8 Å². The normalized spacial score (nSPS) is 25.6. The van der Waals surface area contributed by atoms with E-state index in [1.165, 1.54) is 11.9 Å². The number of carbonyl (C=O) groups excluding carboxylic acids is 2. The van der Waals surface area contributed by atoms with Crippen molar-refractivity contribution in [3.05, 3.63) is 82.1 Å². The molecular formula is C33H37F6N3O2. The first kappa shape index (κ1) is 31.9. The lowest BCUT2D eigenvalue weighted by molar-refractivity contribution is -0.143. The largest absolute Gasteiger partial charge is 0.416 e. The Morgan fingerprint density at radius 3 is 2.16 bits per heavy atom. The molecule has 0 radical (unpaired) electrons. The maximum atomic E-state index is 13.8. The van der Waals surface area contributed by atoms with Crippen LogP contribution in [0.2, 0.25) is 0 Å². The van der Waals surface area contributed by atoms with Crippen LogP contribution in [-0.4, -0.2) is 60.2 Å². The SMILES string of the molecule is Cc1ccccc1C1CCC(C(=O)N(C)Cc2cc(C(F)(F)F)cc(C(F)(F)F)c2)CCCN2C(=O)C3(C=C3N(C)C)CC12. The number of fused-ring (bicyclic) bond motifs is 1. The number of benzene rings is 2. The Labute approximate surface area is 253 Å². The second kappa shape index (κ2) is 11.5. The Morgan fingerprint density at radius 2 is 1.59 bits per heavy atom. The van der Waals surface area contributed by atoms with Gasteiger partial charge in [0.05, 0.1) is 11.1 Å². The van der Waals surface area contributed by atoms with Crippen molar-refractivity contribution >= 4 is 11.8 Å². The van der Waals surface area contributed by atoms with E-state index in [-0.39, 0.29) is 35.4 Å². The van der Waals surface area contributed by atoms with Gasteiger partial charge in [-0.2, -0.15) is 26.3 Å². The number of carbonyl (C=O) groups is 2. The topological polar surface area (TPSA) is 43.9 Å². The summed E-state index contributed by atoms with van der Waals surface area (Å²) in [5.74, 6) is -0.770. The first-order chi connectivity index (χ1) is 20.5. The van der Waals surface area contributed by atoms with E-state index in [1.807, 2.05) is 55.1 Å². The standard InChI is InChI=1S/C33H37F6N3O2/c1-20-8-5-6-10-25(20)26-12-11-22(9-7-13-42-27(26)17-31(30(42)44)18-28(31)40(2)3)29(43)41(4)19-21-14-23(32(34,35)36)16-24(15-21)33(37,38)39/h5-6,8,10,14-16,18,22,26-27H,7,9,11-13,17,19H2,1-4H3. The molecule has 4 unspecified atom stereocenters. The molecule has 2 heterocycles. The minimum atomic E-state index is -4.96. The van der Waals surface area contributed by atoms with Crippen LogP contribution in [0.1, 0.15) is 65.8 Å². The van der Waals surface area contributed by atoms with Crippen LogP contribution in [0, 0.1) is 18.3 Å². The molecule has 2 aromatic carbocycles. The molecule has 1 aliphatic carbocycles. The summed E-state index contributed by atoms with van der Waals surface area (Å²) in [4.78, 5) is 32.7. The predicted octanol–water partition coefficient (Wildman–Crippen LogP) is 7.01. The lowest BCUT2D eigenvalue weighted by atomic mass is 9.80. The molecule has 11 heteroatoms. The number of hydrogen-bond acceptors (Lipinski definition) is 3. The first-order valence-electron chi connectivity index (χ1n) is 14.8. The molecule has 0 saturated carbocycles. The second-order valence-corrected chi connectivity index (χ2v) is 12.7. The van der Waals surface area contributed by atoms with Crippen molar-refractivity contribution in [3.8, 4) is 0 Å². The van der Waals surface area contributed by atoms with Gasteiger partial charge >= 0.3 is 12.4 Å². The third-order valence-electron chi connectivity index (χ3n) is 9.44. The minimum absolute atomic E-state index is 0.0338. The van der Waals surface area contributed by atoms with Crippen LogP contribution >= 0.6 is 0 Å². The van der Waals surface area contributed by atoms with Gasteiger partial charge in [-0.3, -0.25) is 9.59 Å². The number of aryl methyl sites for hydroxylation is 1. The van der Waals surface area contributed by atoms with E-state index in [9.17, 15) is 35.9 Å². The van der Waals surface area contributed by atoms with Gasteiger partial charge in [0.15, 0.2) is 0 Å². The summed E-state index contributed by atoms with van der Waals surface area (Å²) in [6.45, 7) is 2.11. The Morgan fingerprint density at radius 1 is 0.955 bits per heavy atom. The van der Waals surface area contributed by atoms with E-state index >= 15 is 0 Å². The molecule has 2 aliphatic heterocycles. The molecule has 5 rings (SSSR count). The van der Waals surface area contributed by atoms with Gasteiger partial charge in [0.2, 0.25) is 11.8 Å². The van der Waals surface area contributed by atoms with Crippen LogP contribution in [0.15, 0.2) is 54.2 Å². The van der Waals surface area contributed by atoms with E-state index in [1.54, 1.807) is 0 Å². The van der Waals surface area contributed by atoms with Crippen molar-refractivity contribution in [2.24, 2.45) is 11.3 Å². The van der Waals surface area contributed by atoms with Crippen LogP contribution in [0.3, 0.4) is 0 Å². The van der Waals surface area contributed by atoms with Crippen molar-refractivity contribution in [2.75, 3.05) is 27.7 Å². The smallest absolute Gasteiger partial charge is 0.380 e. The van der Waals surface area contributed by atoms with Crippen LogP contribution in [-0.2, 0) is 28.5 Å². The zero-order chi connectivity index (χ0) is 32.2. The minimum Gasteiger partial charge on any atom is -0.380 e. The molecule has 0 bridgehead atoms. The fourth-order valence-corrected chi connectivity index (χ4v) is 7.23. The van der Waals surface area contributed by atoms with Crippen LogP contribution in [0.5, 0.6) is 0 Å². The van der Waals surface area contributed by atoms with Gasteiger partial charge in [0.1, 0.15) is 5.41 Å². The maximum absolute atomic E-state index is 13.8. The first-order valence-corrected chi connectivity index (χ1v) is 14.8. The summed E-state index contributed by atoms with van der Waals surface area (Å²) in [7, 11) is 5.28. The molecule has 44 heavy (non-hydrogen) atoms. The average Bonchev–Trinajstić information content (AvgIpc) is 3.59. The van der Waals surface area contributed by atoms with Gasteiger partial charge in [0.25, 0.3) is 0 Å². The molecule has 4 atom stereocenters. The molecule has 0 aromatic heterocycles. The number of hydrogen-bond donors (Lipinski definition) is 0. The zero-order valence-corrected chi connectivity index (χ0v) is 25.2. The van der Waals surface area contributed by atoms with Gasteiger partial charge in [-0.05, 0) is 80.0 Å². The Kier molecular flexibility index (Phi) is 8.31. The highest BCUT2D eigenvalue weighted by atomic mass is 19.4. The van der Waals surface area contributed by atoms with Crippen LogP contribution in [0.4, 0.5) is 26.3 Å². The number of halogens is 6. The van der Waals surface area contributed by atoms with Crippen molar-refractivity contribution in [2.45, 2.75) is 69.9 Å². The maximum Gasteiger partial charge on any atom is 0.416 e. The fourth-order valence-electron chi connectivity index (χ4n) is 7.23. The molecule has 2 saturated heterocycles. The van der Waals surface area contributed by atoms with E-state index < -0.39 is 41.4 Å². The second-order valence-electron chi connectivity index (χ2n) is 12.7. The quantitative estimate of drug-likeness (QED) is 0.338. The van der Waals surface area contributed by atoms with Crippen molar-refractivity contribution in [3.63, 3.8) is 0 Å². The van der Waals surface area contributed by atoms with Gasteiger partial charge < -0.3 is 14.7 Å². The molecular weight excluding hydrogens is 584 g/mol. The van der Waals surface area contributed by atoms with Gasteiger partial charge in [-0.1, -0.05) is 24.3 Å². The highest BCUT2D eigenvalue weighted by Crippen LogP contribution is 2.58. The highest BCUT2D eigenvalue weighted by molar-refractivity contribution is 5.95. The van der Waals surface area contributed by atoms with Gasteiger partial charge in [0, 0.05) is 57.8 Å². The molecule has 2 aromatic rings. The zero-order valence-electron chi connectivity index (χ0n) is 25.2. The summed E-state index contributed by atoms with van der Waals surface area (Å²) < 4.78 is 80.4. The Bertz CT molecular complexity index is 1430. The number of rotatable bonds is 5. The highest BCUT2D eigenvalue weighted by Gasteiger charge is 2.62. The van der Waals surface area contributed by atoms with Gasteiger partial charge in [-0.25, -0.2) is 0 Å². The number of nitrogens with zero attached hydrogens (tertiary/aromatic N) is 3. The van der Waals surface area contributed by atoms with Gasteiger partial charge in [-0.15, -0.1) is 0 Å². The van der Waals surface area contributed by atoms with Crippen LogP contribution < -0.4 is 0 Å². The third kappa shape index (κ3) is 6.06. The predicted molar refractivity (Wildman–Crippen MR) is 153 cm³/mol. The Hall–Kier alpha value is -3.50. The molecule has 238 valence electrons. The summed E-state index contributed by atoms with van der Waals surface area (Å²) in [6.07, 6.45) is -5.12. The van der Waals surface area contributed by atoms with Crippen molar-refractivity contribution in [1.29, 1.82) is 0 Å². The molecule has 2 fully saturated rings. The average molecular weight is 622 g/mol. The lowest BCUT2D eigenvalue weighted by Gasteiger charge is -2.32. The van der Waals surface area contributed by atoms with Crippen molar-refractivity contribution in [1.82, 2.24) is 14.7 Å². The lowest BCUT2D eigenvalue weighted by Crippen LogP contribution is -2.38. The molecule has 3 aliphatic rings. The van der Waals surface area contributed by atoms with E-state index in [0.29, 0.717) is 50.8 Å². The summed E-state index contributed by atoms with van der Waals surface area (Å²) in [5.41, 5.74) is -0.405. The third-order valence-corrected chi connectivity index (χ3v) is 9.44. The summed E-state index contributed by atoms with van der Waals surface area (Å²) in [5, 5.41) is 0. The monoisotopic (exact) mass is 621 g/mol. The van der Waals surface area contributed by atoms with E-state index in [4.69, 9.17) is 0 Å². The summed E-state index contributed by atoms with van der Waals surface area (Å²) >= 11 is 0. The Balaban J connectivity index is 1.38. The van der Waals surface area contributed by atoms with Crippen molar-refractivity contribution < 1.29 is 35.9 Å². The molecule has 2 amide bonds. The summed E-state index contributed by atoms with van der Waals surface area (Å²) in [6, 6.07) is 9.38. The van der Waals surface area contributed by atoms with Crippen LogP contribution in [0.25, 0.3) is 0 Å². The van der Waals surface area contributed by atoms with E-state index in [2.05, 4.69) is 6.07 Å².